The van der Waals surface area contributed by atoms with Crippen LogP contribution in [0.5, 0.6) is 5.75 Å². The maximum absolute atomic E-state index is 11.5. The number of hydrogen-bond acceptors (Lipinski definition) is 5. The number of methoxy groups -OCH3 is 1. The van der Waals surface area contributed by atoms with Gasteiger partial charge in [0.25, 0.3) is 0 Å². The summed E-state index contributed by atoms with van der Waals surface area (Å²) in [5.41, 5.74) is -0.371. The second kappa shape index (κ2) is 7.67. The van der Waals surface area contributed by atoms with Gasteiger partial charge in [0.05, 0.1) is 12.1 Å². The maximum atomic E-state index is 11.5. The molecule has 1 aromatic carbocycles. The Morgan fingerprint density at radius 1 is 1.36 bits per heavy atom. The van der Waals surface area contributed by atoms with Crippen molar-refractivity contribution in [2.45, 2.75) is 38.6 Å². The van der Waals surface area contributed by atoms with Crippen LogP contribution in [-0.4, -0.2) is 41.7 Å². The third kappa shape index (κ3) is 5.36. The molecule has 0 aliphatic rings. The molecule has 0 bridgehead atoms. The van der Waals surface area contributed by atoms with E-state index in [0.717, 1.165) is 0 Å². The molecule has 7 heteroatoms. The van der Waals surface area contributed by atoms with Gasteiger partial charge in [0, 0.05) is 12.1 Å². The fourth-order valence-electron chi connectivity index (χ4n) is 1.79. The summed E-state index contributed by atoms with van der Waals surface area (Å²) in [6.07, 6.45) is -3.25. The second-order valence-electron chi connectivity index (χ2n) is 5.75. The molecule has 0 heterocycles. The van der Waals surface area contributed by atoms with Crippen molar-refractivity contribution in [3.05, 3.63) is 28.8 Å². The smallest absolute Gasteiger partial charge is 0.407 e. The van der Waals surface area contributed by atoms with Crippen molar-refractivity contribution in [1.29, 1.82) is 0 Å². The summed E-state index contributed by atoms with van der Waals surface area (Å²) in [7, 11) is 1.44. The van der Waals surface area contributed by atoms with Gasteiger partial charge in [-0.05, 0) is 32.9 Å². The molecule has 22 heavy (non-hydrogen) atoms. The summed E-state index contributed by atoms with van der Waals surface area (Å²) >= 11 is 6.03. The molecule has 0 saturated heterocycles. The second-order valence-corrected chi connectivity index (χ2v) is 6.16. The highest BCUT2D eigenvalue weighted by atomic mass is 35.5. The lowest BCUT2D eigenvalue weighted by Crippen LogP contribution is -2.39. The van der Waals surface area contributed by atoms with Gasteiger partial charge in [-0.25, -0.2) is 4.79 Å². The quantitative estimate of drug-likeness (QED) is 0.770. The van der Waals surface area contributed by atoms with Crippen LogP contribution in [0.2, 0.25) is 5.02 Å². The molecule has 0 saturated carbocycles. The minimum atomic E-state index is -1.31. The number of alkyl carbamates (subject to hydrolysis) is 1. The van der Waals surface area contributed by atoms with Crippen LogP contribution >= 0.6 is 11.6 Å². The molecule has 124 valence electrons. The highest BCUT2D eigenvalue weighted by Crippen LogP contribution is 2.33. The van der Waals surface area contributed by atoms with Crippen LogP contribution in [-0.2, 0) is 4.74 Å². The molecule has 0 aliphatic heterocycles. The predicted molar refractivity (Wildman–Crippen MR) is 83.2 cm³/mol. The standard InChI is InChI=1S/C15H22ClNO5/c1-15(2,3)22-14(20)17-8-10(18)13(19)12-9(16)6-5-7-11(12)21-4/h5-7,10,13,18-19H,8H2,1-4H3,(H,17,20). The topological polar surface area (TPSA) is 88.0 Å². The van der Waals surface area contributed by atoms with E-state index < -0.39 is 23.9 Å². The largest absolute Gasteiger partial charge is 0.496 e. The van der Waals surface area contributed by atoms with Crippen LogP contribution in [0.3, 0.4) is 0 Å². The summed E-state index contributed by atoms with van der Waals surface area (Å²) in [5.74, 6) is 0.358. The normalized spacial score (nSPS) is 14.1. The van der Waals surface area contributed by atoms with E-state index in [9.17, 15) is 15.0 Å². The van der Waals surface area contributed by atoms with Crippen molar-refractivity contribution in [3.63, 3.8) is 0 Å². The van der Waals surface area contributed by atoms with Gasteiger partial charge >= 0.3 is 6.09 Å². The Hall–Kier alpha value is -1.50. The van der Waals surface area contributed by atoms with E-state index in [1.165, 1.54) is 7.11 Å². The average molecular weight is 332 g/mol. The molecule has 0 radical (unpaired) electrons. The highest BCUT2D eigenvalue weighted by Gasteiger charge is 2.25. The number of carbonyl (C=O) groups is 1. The van der Waals surface area contributed by atoms with E-state index in [1.807, 2.05) is 0 Å². The summed E-state index contributed by atoms with van der Waals surface area (Å²) in [6.45, 7) is 5.00. The van der Waals surface area contributed by atoms with Gasteiger partial charge in [-0.3, -0.25) is 0 Å². The van der Waals surface area contributed by atoms with Crippen LogP contribution in [0, 0.1) is 0 Å². The molecule has 0 aromatic heterocycles. The summed E-state index contributed by atoms with van der Waals surface area (Å²) in [5, 5.41) is 22.9. The predicted octanol–water partition coefficient (Wildman–Crippen LogP) is 2.27. The molecule has 3 N–H and O–H groups in total. The van der Waals surface area contributed by atoms with E-state index in [0.29, 0.717) is 5.75 Å². The Morgan fingerprint density at radius 3 is 2.55 bits per heavy atom. The Bertz CT molecular complexity index is 515. The van der Waals surface area contributed by atoms with Crippen molar-refractivity contribution in [3.8, 4) is 5.75 Å². The first-order valence-corrected chi connectivity index (χ1v) is 7.19. The lowest BCUT2D eigenvalue weighted by Gasteiger charge is -2.23. The first-order chi connectivity index (χ1) is 10.2. The molecule has 0 aliphatic carbocycles. The number of hydrogen-bond donors (Lipinski definition) is 3. The molecule has 1 amide bonds. The van der Waals surface area contributed by atoms with Crippen molar-refractivity contribution < 1.29 is 24.5 Å². The molecule has 0 spiro atoms. The Morgan fingerprint density at radius 2 is 2.00 bits per heavy atom. The lowest BCUT2D eigenvalue weighted by atomic mass is 10.0. The molecule has 1 aromatic rings. The molecule has 0 fully saturated rings. The monoisotopic (exact) mass is 331 g/mol. The Kier molecular flexibility index (Phi) is 6.47. The summed E-state index contributed by atoms with van der Waals surface area (Å²) < 4.78 is 10.2. The summed E-state index contributed by atoms with van der Waals surface area (Å²) in [4.78, 5) is 11.5. The zero-order chi connectivity index (χ0) is 16.9. The van der Waals surface area contributed by atoms with E-state index in [1.54, 1.807) is 39.0 Å². The lowest BCUT2D eigenvalue weighted by molar-refractivity contribution is 0.0119. The van der Waals surface area contributed by atoms with Gasteiger partial charge < -0.3 is 25.0 Å². The fraction of sp³-hybridized carbons (Fsp3) is 0.533. The van der Waals surface area contributed by atoms with Crippen LogP contribution in [0.1, 0.15) is 32.4 Å². The molecule has 1 rings (SSSR count). The van der Waals surface area contributed by atoms with Crippen molar-refractivity contribution in [2.24, 2.45) is 0 Å². The zero-order valence-corrected chi connectivity index (χ0v) is 13.8. The van der Waals surface area contributed by atoms with Gasteiger partial charge in [-0.15, -0.1) is 0 Å². The van der Waals surface area contributed by atoms with Gasteiger partial charge in [-0.2, -0.15) is 0 Å². The minimum absolute atomic E-state index is 0.190. The van der Waals surface area contributed by atoms with Gasteiger partial charge in [0.2, 0.25) is 0 Å². The average Bonchev–Trinajstić information content (AvgIpc) is 2.41. The number of amides is 1. The van der Waals surface area contributed by atoms with Crippen molar-refractivity contribution >= 4 is 17.7 Å². The number of aliphatic hydroxyl groups is 2. The number of rotatable bonds is 5. The SMILES string of the molecule is COc1cccc(Cl)c1C(O)C(O)CNC(=O)OC(C)(C)C. The maximum Gasteiger partial charge on any atom is 0.407 e. The Balaban J connectivity index is 2.70. The molecule has 2 atom stereocenters. The van der Waals surface area contributed by atoms with Gasteiger partial charge in [0.1, 0.15) is 23.6 Å². The molecular formula is C15H22ClNO5. The van der Waals surface area contributed by atoms with Crippen LogP contribution in [0.4, 0.5) is 4.79 Å². The van der Waals surface area contributed by atoms with Gasteiger partial charge in [-0.1, -0.05) is 17.7 Å². The van der Waals surface area contributed by atoms with Crippen LogP contribution < -0.4 is 10.1 Å². The fourth-order valence-corrected chi connectivity index (χ4v) is 2.07. The number of halogens is 1. The van der Waals surface area contributed by atoms with E-state index in [-0.39, 0.29) is 17.1 Å². The van der Waals surface area contributed by atoms with E-state index >= 15 is 0 Å². The number of benzene rings is 1. The van der Waals surface area contributed by atoms with Crippen molar-refractivity contribution in [1.82, 2.24) is 5.32 Å². The van der Waals surface area contributed by atoms with Gasteiger partial charge in [0.15, 0.2) is 0 Å². The Labute approximate surface area is 135 Å². The first kappa shape index (κ1) is 18.5. The summed E-state index contributed by atoms with van der Waals surface area (Å²) in [6, 6.07) is 4.87. The van der Waals surface area contributed by atoms with Crippen LogP contribution in [0.25, 0.3) is 0 Å². The molecule has 6 nitrogen and oxygen atoms in total. The number of ether oxygens (including phenoxy) is 2. The van der Waals surface area contributed by atoms with Crippen LogP contribution in [0.15, 0.2) is 18.2 Å². The number of carbonyl (C=O) groups excluding carboxylic acids is 1. The first-order valence-electron chi connectivity index (χ1n) is 6.81. The van der Waals surface area contributed by atoms with E-state index in [4.69, 9.17) is 21.1 Å². The zero-order valence-electron chi connectivity index (χ0n) is 13.1. The third-order valence-electron chi connectivity index (χ3n) is 2.75. The third-order valence-corrected chi connectivity index (χ3v) is 3.08. The van der Waals surface area contributed by atoms with Crippen molar-refractivity contribution in [2.75, 3.05) is 13.7 Å². The van der Waals surface area contributed by atoms with E-state index in [2.05, 4.69) is 5.32 Å². The highest BCUT2D eigenvalue weighted by molar-refractivity contribution is 6.31. The number of aliphatic hydroxyl groups excluding tert-OH is 2. The molecule has 2 unspecified atom stereocenters. The number of nitrogens with one attached hydrogen (secondary N) is 1. The molecular weight excluding hydrogens is 310 g/mol. The minimum Gasteiger partial charge on any atom is -0.496 e.